The highest BCUT2D eigenvalue weighted by molar-refractivity contribution is 5.87. The van der Waals surface area contributed by atoms with E-state index < -0.39 is 5.54 Å². The molecule has 6 nitrogen and oxygen atoms in total. The van der Waals surface area contributed by atoms with Gasteiger partial charge in [-0.05, 0) is 30.2 Å². The van der Waals surface area contributed by atoms with Crippen molar-refractivity contribution < 1.29 is 19.0 Å². The Balaban J connectivity index is 0.00000338. The number of halogens is 1. The monoisotopic (exact) mass is 380 g/mol. The second-order valence-corrected chi connectivity index (χ2v) is 5.78. The van der Waals surface area contributed by atoms with Crippen molar-refractivity contribution in [2.75, 3.05) is 21.3 Å². The lowest BCUT2D eigenvalue weighted by Gasteiger charge is -2.24. The summed E-state index contributed by atoms with van der Waals surface area (Å²) in [5.41, 5.74) is 6.66. The molecule has 0 radical (unpaired) electrons. The second kappa shape index (κ2) is 9.31. The van der Waals surface area contributed by atoms with E-state index >= 15 is 0 Å². The Morgan fingerprint density at radius 3 is 2.04 bits per heavy atom. The molecule has 2 aromatic rings. The number of hydrogen-bond acceptors (Lipinski definition) is 5. The van der Waals surface area contributed by atoms with Crippen LogP contribution in [0.3, 0.4) is 0 Å². The predicted molar refractivity (Wildman–Crippen MR) is 103 cm³/mol. The SMILES string of the molecule is COc1cc(CNC(=O)C(C)(N)c2ccccc2)cc(OC)c1OC.Cl. The summed E-state index contributed by atoms with van der Waals surface area (Å²) in [6, 6.07) is 12.8. The van der Waals surface area contributed by atoms with E-state index in [1.807, 2.05) is 30.3 Å². The Bertz CT molecular complexity index is 711. The molecule has 0 aliphatic rings. The lowest BCUT2D eigenvalue weighted by molar-refractivity contribution is -0.126. The third-order valence-corrected chi connectivity index (χ3v) is 4.02. The highest BCUT2D eigenvalue weighted by Gasteiger charge is 2.30. The summed E-state index contributed by atoms with van der Waals surface area (Å²) >= 11 is 0. The lowest BCUT2D eigenvalue weighted by atomic mass is 9.92. The summed E-state index contributed by atoms with van der Waals surface area (Å²) in [4.78, 5) is 12.5. The van der Waals surface area contributed by atoms with Gasteiger partial charge in [0, 0.05) is 6.54 Å². The topological polar surface area (TPSA) is 82.8 Å². The number of ether oxygens (including phenoxy) is 3. The third kappa shape index (κ3) is 4.59. The van der Waals surface area contributed by atoms with E-state index in [4.69, 9.17) is 19.9 Å². The van der Waals surface area contributed by atoms with Gasteiger partial charge in [-0.1, -0.05) is 30.3 Å². The minimum Gasteiger partial charge on any atom is -0.493 e. The van der Waals surface area contributed by atoms with E-state index in [2.05, 4.69) is 5.32 Å². The Morgan fingerprint density at radius 1 is 1.04 bits per heavy atom. The van der Waals surface area contributed by atoms with E-state index in [0.29, 0.717) is 17.2 Å². The van der Waals surface area contributed by atoms with E-state index in [1.54, 1.807) is 40.4 Å². The zero-order chi connectivity index (χ0) is 18.4. The Hall–Kier alpha value is -2.44. The van der Waals surface area contributed by atoms with Gasteiger partial charge in [0.15, 0.2) is 11.5 Å². The van der Waals surface area contributed by atoms with E-state index in [1.165, 1.54) is 0 Å². The minimum atomic E-state index is -1.12. The first-order valence-electron chi connectivity index (χ1n) is 7.85. The first kappa shape index (κ1) is 21.6. The first-order valence-corrected chi connectivity index (χ1v) is 7.85. The van der Waals surface area contributed by atoms with Gasteiger partial charge in [-0.15, -0.1) is 12.4 Å². The van der Waals surface area contributed by atoms with Gasteiger partial charge in [0.05, 0.1) is 21.3 Å². The molecule has 26 heavy (non-hydrogen) atoms. The van der Waals surface area contributed by atoms with Crippen LogP contribution in [0.15, 0.2) is 42.5 Å². The summed E-state index contributed by atoms with van der Waals surface area (Å²) in [5.74, 6) is 1.30. The van der Waals surface area contributed by atoms with Gasteiger partial charge in [-0.3, -0.25) is 4.79 Å². The van der Waals surface area contributed by atoms with Gasteiger partial charge >= 0.3 is 0 Å². The van der Waals surface area contributed by atoms with E-state index in [-0.39, 0.29) is 24.9 Å². The fourth-order valence-electron chi connectivity index (χ4n) is 2.52. The fourth-order valence-corrected chi connectivity index (χ4v) is 2.52. The van der Waals surface area contributed by atoms with Crippen LogP contribution in [0.1, 0.15) is 18.1 Å². The number of methoxy groups -OCH3 is 3. The highest BCUT2D eigenvalue weighted by Crippen LogP contribution is 2.38. The molecule has 142 valence electrons. The summed E-state index contributed by atoms with van der Waals surface area (Å²) < 4.78 is 15.9. The zero-order valence-corrected chi connectivity index (χ0v) is 16.2. The van der Waals surface area contributed by atoms with Gasteiger partial charge in [0.2, 0.25) is 11.7 Å². The first-order chi connectivity index (χ1) is 11.9. The number of rotatable bonds is 7. The van der Waals surface area contributed by atoms with Gasteiger partial charge in [-0.2, -0.15) is 0 Å². The molecule has 0 saturated heterocycles. The van der Waals surface area contributed by atoms with Crippen molar-refractivity contribution in [1.82, 2.24) is 5.32 Å². The molecule has 1 amide bonds. The minimum absolute atomic E-state index is 0. The largest absolute Gasteiger partial charge is 0.493 e. The van der Waals surface area contributed by atoms with Crippen LogP contribution < -0.4 is 25.3 Å². The van der Waals surface area contributed by atoms with Crippen molar-refractivity contribution in [3.8, 4) is 17.2 Å². The predicted octanol–water partition coefficient (Wildman–Crippen LogP) is 2.62. The molecule has 7 heteroatoms. The van der Waals surface area contributed by atoms with Gasteiger partial charge in [-0.25, -0.2) is 0 Å². The van der Waals surface area contributed by atoms with Crippen LogP contribution in [0.2, 0.25) is 0 Å². The molecule has 3 N–H and O–H groups in total. The average molecular weight is 381 g/mol. The number of carbonyl (C=O) groups excluding carboxylic acids is 1. The Morgan fingerprint density at radius 2 is 1.58 bits per heavy atom. The molecule has 2 aromatic carbocycles. The molecule has 0 aliphatic carbocycles. The smallest absolute Gasteiger partial charge is 0.244 e. The molecule has 0 aromatic heterocycles. The normalized spacial score (nSPS) is 12.3. The van der Waals surface area contributed by atoms with Crippen molar-refractivity contribution in [2.45, 2.75) is 19.0 Å². The molecule has 0 heterocycles. The number of nitrogens with one attached hydrogen (secondary N) is 1. The molecule has 0 spiro atoms. The molecule has 0 saturated carbocycles. The van der Waals surface area contributed by atoms with Crippen molar-refractivity contribution in [3.63, 3.8) is 0 Å². The maximum absolute atomic E-state index is 12.5. The van der Waals surface area contributed by atoms with Crippen molar-refractivity contribution in [3.05, 3.63) is 53.6 Å². The van der Waals surface area contributed by atoms with Crippen LogP contribution in [-0.2, 0) is 16.9 Å². The van der Waals surface area contributed by atoms with E-state index in [0.717, 1.165) is 11.1 Å². The second-order valence-electron chi connectivity index (χ2n) is 5.78. The molecular weight excluding hydrogens is 356 g/mol. The molecule has 0 fully saturated rings. The van der Waals surface area contributed by atoms with Crippen LogP contribution in [-0.4, -0.2) is 27.2 Å². The van der Waals surface area contributed by atoms with Gasteiger partial charge in [0.25, 0.3) is 0 Å². The standard InChI is InChI=1S/C19H24N2O4.ClH/c1-19(20,14-8-6-5-7-9-14)18(22)21-12-13-10-15(23-2)17(25-4)16(11-13)24-3;/h5-11H,12,20H2,1-4H3,(H,21,22);1H. The van der Waals surface area contributed by atoms with Crippen molar-refractivity contribution in [1.29, 1.82) is 0 Å². The summed E-state index contributed by atoms with van der Waals surface area (Å²) in [6.45, 7) is 1.97. The number of nitrogens with two attached hydrogens (primary N) is 1. The van der Waals surface area contributed by atoms with Crippen LogP contribution in [0.5, 0.6) is 17.2 Å². The quantitative estimate of drug-likeness (QED) is 0.771. The van der Waals surface area contributed by atoms with Crippen LogP contribution in [0.25, 0.3) is 0 Å². The summed E-state index contributed by atoms with van der Waals surface area (Å²) in [5, 5.41) is 2.86. The van der Waals surface area contributed by atoms with Gasteiger partial charge in [0.1, 0.15) is 5.54 Å². The Kier molecular flexibility index (Phi) is 7.74. The maximum atomic E-state index is 12.5. The molecule has 1 unspecified atom stereocenters. The maximum Gasteiger partial charge on any atom is 0.244 e. The molecular formula is C19H25ClN2O4. The van der Waals surface area contributed by atoms with Gasteiger partial charge < -0.3 is 25.3 Å². The van der Waals surface area contributed by atoms with Crippen molar-refractivity contribution >= 4 is 18.3 Å². The Labute approximate surface area is 160 Å². The van der Waals surface area contributed by atoms with Crippen LogP contribution in [0, 0.1) is 0 Å². The van der Waals surface area contributed by atoms with Crippen LogP contribution in [0.4, 0.5) is 0 Å². The summed E-state index contributed by atoms with van der Waals surface area (Å²) in [7, 11) is 4.64. The van der Waals surface area contributed by atoms with Crippen LogP contribution >= 0.6 is 12.4 Å². The zero-order valence-electron chi connectivity index (χ0n) is 15.4. The molecule has 1 atom stereocenters. The fraction of sp³-hybridized carbons (Fsp3) is 0.316. The summed E-state index contributed by atoms with van der Waals surface area (Å²) in [6.07, 6.45) is 0. The molecule has 0 aliphatic heterocycles. The lowest BCUT2D eigenvalue weighted by Crippen LogP contribution is -2.48. The average Bonchev–Trinajstić information content (AvgIpc) is 2.65. The van der Waals surface area contributed by atoms with E-state index in [9.17, 15) is 4.79 Å². The third-order valence-electron chi connectivity index (χ3n) is 4.02. The number of benzene rings is 2. The van der Waals surface area contributed by atoms with Crippen molar-refractivity contribution in [2.24, 2.45) is 5.73 Å². The highest BCUT2D eigenvalue weighted by atomic mass is 35.5. The number of carbonyl (C=O) groups is 1. The molecule has 0 bridgehead atoms. The molecule has 2 rings (SSSR count). The number of amides is 1. The number of hydrogen-bond donors (Lipinski definition) is 2.